The summed E-state index contributed by atoms with van der Waals surface area (Å²) in [7, 11) is 0. The third-order valence-corrected chi connectivity index (χ3v) is 7.23. The molecule has 11 heteroatoms. The van der Waals surface area contributed by atoms with Crippen LogP contribution >= 0.6 is 23.2 Å². The Hall–Kier alpha value is -4.54. The Labute approximate surface area is 241 Å². The Morgan fingerprint density at radius 1 is 1.05 bits per heavy atom. The van der Waals surface area contributed by atoms with Gasteiger partial charge in [-0.2, -0.15) is 10.5 Å². The van der Waals surface area contributed by atoms with Crippen LogP contribution in [0.15, 0.2) is 72.7 Å². The molecule has 1 aliphatic carbocycles. The lowest BCUT2D eigenvalue weighted by Crippen LogP contribution is -2.38. The molecule has 1 fully saturated rings. The monoisotopic (exact) mass is 571 g/mol. The van der Waals surface area contributed by atoms with Crippen molar-refractivity contribution in [1.29, 1.82) is 10.5 Å². The van der Waals surface area contributed by atoms with Gasteiger partial charge >= 0.3 is 0 Å². The minimum Gasteiger partial charge on any atom is -0.373 e. The van der Waals surface area contributed by atoms with Gasteiger partial charge in [0.2, 0.25) is 0 Å². The predicted octanol–water partition coefficient (Wildman–Crippen LogP) is 6.65. The van der Waals surface area contributed by atoms with Crippen LogP contribution in [0.25, 0.3) is 10.9 Å². The molecule has 198 valence electrons. The molecule has 1 aliphatic heterocycles. The number of pyridine rings is 1. The predicted molar refractivity (Wildman–Crippen MR) is 153 cm³/mol. The number of fused-ring (bicyclic) bond motifs is 1. The molecule has 6 rings (SSSR count). The molecule has 2 aliphatic rings. The van der Waals surface area contributed by atoms with Crippen molar-refractivity contribution in [3.63, 3.8) is 0 Å². The molecule has 1 atom stereocenters. The summed E-state index contributed by atoms with van der Waals surface area (Å²) in [5, 5.41) is 29.0. The number of nitriles is 2. The number of aromatic nitrogens is 1. The summed E-state index contributed by atoms with van der Waals surface area (Å²) in [6.45, 7) is 0. The summed E-state index contributed by atoms with van der Waals surface area (Å²) < 4.78 is 23.5. The smallest absolute Gasteiger partial charge is 0.141 e. The van der Waals surface area contributed by atoms with E-state index in [1.165, 1.54) is 24.4 Å². The molecule has 4 N–H and O–H groups in total. The largest absolute Gasteiger partial charge is 0.373 e. The van der Waals surface area contributed by atoms with Gasteiger partial charge in [0.05, 0.1) is 40.4 Å². The first-order valence-electron chi connectivity index (χ1n) is 12.8. The van der Waals surface area contributed by atoms with Crippen LogP contribution < -0.4 is 21.6 Å². The maximum Gasteiger partial charge on any atom is 0.141 e. The highest BCUT2D eigenvalue weighted by Crippen LogP contribution is 2.37. The van der Waals surface area contributed by atoms with Crippen molar-refractivity contribution in [2.45, 2.75) is 24.9 Å². The van der Waals surface area contributed by atoms with E-state index in [1.807, 2.05) is 11.2 Å². The molecular weight excluding hydrogens is 550 g/mol. The van der Waals surface area contributed by atoms with E-state index >= 15 is 0 Å². The van der Waals surface area contributed by atoms with Gasteiger partial charge in [-0.3, -0.25) is 9.99 Å². The minimum absolute atomic E-state index is 0.0862. The van der Waals surface area contributed by atoms with Crippen LogP contribution in [0, 0.1) is 28.5 Å². The SMILES string of the molecule is [2H][C@@](Nc1cc(C#N)c2ncc(C#N)c(Nc3ccc(F)c(Cl)c3)c2c1)(C1=CN(C2CC2)NN1)c1ccccc1Cl. The lowest BCUT2D eigenvalue weighted by Gasteiger charge is -2.23. The molecule has 4 aromatic rings. The zero-order valence-electron chi connectivity index (χ0n) is 21.8. The minimum atomic E-state index is -1.60. The van der Waals surface area contributed by atoms with Crippen LogP contribution in [0.3, 0.4) is 0 Å². The van der Waals surface area contributed by atoms with E-state index in [0.29, 0.717) is 50.3 Å². The van der Waals surface area contributed by atoms with Crippen LogP contribution in [-0.2, 0) is 0 Å². The van der Waals surface area contributed by atoms with E-state index < -0.39 is 11.8 Å². The van der Waals surface area contributed by atoms with Gasteiger partial charge in [-0.1, -0.05) is 41.4 Å². The molecule has 0 radical (unpaired) electrons. The van der Waals surface area contributed by atoms with Crippen molar-refractivity contribution in [1.82, 2.24) is 21.0 Å². The molecular formula is C29H21Cl2FN8. The zero-order valence-corrected chi connectivity index (χ0v) is 22.3. The Balaban J connectivity index is 1.50. The number of hydrogen-bond donors (Lipinski definition) is 4. The summed E-state index contributed by atoms with van der Waals surface area (Å²) in [5.41, 5.74) is 9.17. The third-order valence-electron chi connectivity index (χ3n) is 6.61. The summed E-state index contributed by atoms with van der Waals surface area (Å²) >= 11 is 12.6. The highest BCUT2D eigenvalue weighted by atomic mass is 35.5. The van der Waals surface area contributed by atoms with Gasteiger partial charge in [0.15, 0.2) is 0 Å². The first-order valence-corrected chi connectivity index (χ1v) is 13.1. The van der Waals surface area contributed by atoms with Crippen LogP contribution in [0.4, 0.5) is 21.5 Å². The standard InChI is InChI=1S/C29H21Cl2FN8/c30-23-4-2-1-3-21(23)29(26-15-40(39-38-26)20-6-7-20)37-19-9-16(12-33)27-22(10-19)28(17(13-34)14-35-27)36-18-5-8-25(32)24(31)11-18/h1-5,8-11,14-15,20,29,37-39H,6-7H2,(H,35,36)/t29-/m0/s1/i29D. The van der Waals surface area contributed by atoms with Gasteiger partial charge in [0, 0.05) is 40.2 Å². The zero-order chi connectivity index (χ0) is 28.7. The highest BCUT2D eigenvalue weighted by molar-refractivity contribution is 6.31. The van der Waals surface area contributed by atoms with Crippen LogP contribution in [0.5, 0.6) is 0 Å². The molecule has 0 unspecified atom stereocenters. The summed E-state index contributed by atoms with van der Waals surface area (Å²) in [4.78, 5) is 4.37. The van der Waals surface area contributed by atoms with Gasteiger partial charge in [-0.05, 0) is 54.8 Å². The number of hydrazine groups is 2. The lowest BCUT2D eigenvalue weighted by molar-refractivity contribution is 0.260. The second kappa shape index (κ2) is 10.6. The van der Waals surface area contributed by atoms with E-state index in [0.717, 1.165) is 12.8 Å². The van der Waals surface area contributed by atoms with Gasteiger partial charge in [0.1, 0.15) is 18.0 Å². The molecule has 0 bridgehead atoms. The van der Waals surface area contributed by atoms with Crippen LogP contribution in [-0.4, -0.2) is 16.0 Å². The van der Waals surface area contributed by atoms with E-state index in [1.54, 1.807) is 36.4 Å². The molecule has 3 aromatic carbocycles. The van der Waals surface area contributed by atoms with Crippen molar-refractivity contribution in [2.24, 2.45) is 0 Å². The van der Waals surface area contributed by atoms with Gasteiger partial charge in [-0.25, -0.2) is 4.39 Å². The van der Waals surface area contributed by atoms with Crippen molar-refractivity contribution < 1.29 is 5.76 Å². The third kappa shape index (κ3) is 4.94. The molecule has 0 saturated heterocycles. The molecule has 2 heterocycles. The van der Waals surface area contributed by atoms with Gasteiger partial charge in [0.25, 0.3) is 0 Å². The first-order chi connectivity index (χ1) is 19.8. The summed E-state index contributed by atoms with van der Waals surface area (Å²) in [6, 6.07) is 17.5. The number of nitrogens with one attached hydrogen (secondary N) is 4. The first kappa shape index (κ1) is 24.5. The Morgan fingerprint density at radius 3 is 2.58 bits per heavy atom. The Bertz CT molecular complexity index is 1810. The van der Waals surface area contributed by atoms with E-state index in [-0.39, 0.29) is 16.1 Å². The second-order valence-corrected chi connectivity index (χ2v) is 10.2. The van der Waals surface area contributed by atoms with Gasteiger partial charge in [-0.15, -0.1) is 5.53 Å². The average Bonchev–Trinajstić information content (AvgIpc) is 3.70. The number of rotatable bonds is 7. The second-order valence-electron chi connectivity index (χ2n) is 9.34. The number of benzene rings is 3. The molecule has 8 nitrogen and oxygen atoms in total. The fourth-order valence-corrected chi connectivity index (χ4v) is 4.90. The summed E-state index contributed by atoms with van der Waals surface area (Å²) in [6.07, 6.45) is 5.30. The van der Waals surface area contributed by atoms with Crippen molar-refractivity contribution in [3.05, 3.63) is 105 Å². The van der Waals surface area contributed by atoms with Crippen molar-refractivity contribution >= 4 is 51.2 Å². The Kier molecular flexibility index (Phi) is 6.46. The van der Waals surface area contributed by atoms with E-state index in [2.05, 4.69) is 38.7 Å². The average molecular weight is 572 g/mol. The lowest BCUT2D eigenvalue weighted by atomic mass is 10.0. The van der Waals surface area contributed by atoms with Gasteiger partial charge < -0.3 is 16.1 Å². The molecule has 1 aromatic heterocycles. The maximum atomic E-state index is 13.8. The molecule has 40 heavy (non-hydrogen) atoms. The Morgan fingerprint density at radius 2 is 1.85 bits per heavy atom. The number of hydrogen-bond acceptors (Lipinski definition) is 8. The fourth-order valence-electron chi connectivity index (χ4n) is 4.49. The number of anilines is 3. The van der Waals surface area contributed by atoms with Crippen LogP contribution in [0.2, 0.25) is 10.0 Å². The molecule has 0 amide bonds. The van der Waals surface area contributed by atoms with Crippen molar-refractivity contribution in [3.8, 4) is 12.1 Å². The highest BCUT2D eigenvalue weighted by Gasteiger charge is 2.32. The van der Waals surface area contributed by atoms with Crippen molar-refractivity contribution in [2.75, 3.05) is 10.6 Å². The quantitative estimate of drug-likeness (QED) is 0.195. The van der Waals surface area contributed by atoms with E-state index in [9.17, 15) is 16.3 Å². The normalized spacial score (nSPS) is 16.3. The summed E-state index contributed by atoms with van der Waals surface area (Å²) in [5.74, 6) is -0.577. The van der Waals surface area contributed by atoms with E-state index in [4.69, 9.17) is 23.2 Å². The number of halogens is 3. The fraction of sp³-hybridized carbons (Fsp3) is 0.138. The topological polar surface area (TPSA) is 112 Å². The number of nitrogens with zero attached hydrogens (tertiary/aromatic N) is 4. The molecule has 0 spiro atoms. The van der Waals surface area contributed by atoms with Crippen LogP contribution in [0.1, 0.15) is 36.9 Å². The molecule has 1 saturated carbocycles. The maximum absolute atomic E-state index is 13.8.